The predicted octanol–water partition coefficient (Wildman–Crippen LogP) is 5.13. The van der Waals surface area contributed by atoms with Crippen LogP contribution in [-0.4, -0.2) is 0 Å². The fourth-order valence-electron chi connectivity index (χ4n) is 3.53. The molecule has 0 amide bonds. The first-order valence-electron chi connectivity index (χ1n) is 6.66. The van der Waals surface area contributed by atoms with Gasteiger partial charge in [-0.3, -0.25) is 0 Å². The topological polar surface area (TPSA) is 0 Å². The monoisotopic (exact) mass is 210 g/mol. The zero-order valence-corrected chi connectivity index (χ0v) is 11.9. The van der Waals surface area contributed by atoms with Crippen LogP contribution in [0.2, 0.25) is 0 Å². The Morgan fingerprint density at radius 3 is 1.87 bits per heavy atom. The summed E-state index contributed by atoms with van der Waals surface area (Å²) in [6.45, 7) is 17.0. The van der Waals surface area contributed by atoms with Crippen molar-refractivity contribution in [2.75, 3.05) is 0 Å². The third-order valence-corrected chi connectivity index (χ3v) is 4.76. The van der Waals surface area contributed by atoms with Crippen molar-refractivity contribution in [1.29, 1.82) is 0 Å². The summed E-state index contributed by atoms with van der Waals surface area (Å²) in [4.78, 5) is 0. The lowest BCUT2D eigenvalue weighted by Gasteiger charge is -2.50. The van der Waals surface area contributed by atoms with Gasteiger partial charge in [0.15, 0.2) is 0 Å². The Morgan fingerprint density at radius 2 is 1.47 bits per heavy atom. The maximum absolute atomic E-state index is 2.51. The Bertz CT molecular complexity index is 212. The highest BCUT2D eigenvalue weighted by molar-refractivity contribution is 4.93. The fraction of sp³-hybridized carbons (Fsp3) is 1.00. The highest BCUT2D eigenvalue weighted by atomic mass is 14.5. The maximum atomic E-state index is 2.51. The van der Waals surface area contributed by atoms with Gasteiger partial charge in [0.25, 0.3) is 0 Å². The van der Waals surface area contributed by atoms with Gasteiger partial charge in [0.1, 0.15) is 0 Å². The van der Waals surface area contributed by atoms with E-state index in [4.69, 9.17) is 0 Å². The molecule has 0 aromatic heterocycles. The fourth-order valence-corrected chi connectivity index (χ4v) is 3.53. The molecule has 0 aromatic rings. The van der Waals surface area contributed by atoms with Crippen molar-refractivity contribution in [3.8, 4) is 0 Å². The van der Waals surface area contributed by atoms with E-state index in [0.717, 1.165) is 17.8 Å². The molecule has 2 unspecified atom stereocenters. The second-order valence-electron chi connectivity index (χ2n) is 7.56. The highest BCUT2D eigenvalue weighted by Crippen LogP contribution is 2.53. The minimum Gasteiger partial charge on any atom is -0.0625 e. The molecule has 1 saturated carbocycles. The van der Waals surface area contributed by atoms with E-state index in [1.165, 1.54) is 19.3 Å². The van der Waals surface area contributed by atoms with Gasteiger partial charge in [0.2, 0.25) is 0 Å². The first-order valence-corrected chi connectivity index (χ1v) is 6.66. The van der Waals surface area contributed by atoms with Gasteiger partial charge >= 0.3 is 0 Å². The van der Waals surface area contributed by atoms with Gasteiger partial charge in [0, 0.05) is 0 Å². The van der Waals surface area contributed by atoms with Crippen molar-refractivity contribution in [3.63, 3.8) is 0 Å². The van der Waals surface area contributed by atoms with E-state index in [0.29, 0.717) is 10.8 Å². The first kappa shape index (κ1) is 13.1. The summed E-state index contributed by atoms with van der Waals surface area (Å²) in [5.74, 6) is 2.60. The van der Waals surface area contributed by atoms with Crippen LogP contribution in [0.5, 0.6) is 0 Å². The predicted molar refractivity (Wildman–Crippen MR) is 68.9 cm³/mol. The lowest BCUT2D eigenvalue weighted by molar-refractivity contribution is 0.00398. The number of hydrogen-bond donors (Lipinski definition) is 0. The van der Waals surface area contributed by atoms with E-state index in [-0.39, 0.29) is 0 Å². The molecule has 2 atom stereocenters. The maximum Gasteiger partial charge on any atom is -0.0295 e. The Morgan fingerprint density at radius 1 is 0.933 bits per heavy atom. The molecule has 0 nitrogen and oxygen atoms in total. The van der Waals surface area contributed by atoms with Crippen molar-refractivity contribution in [1.82, 2.24) is 0 Å². The average molecular weight is 210 g/mol. The highest BCUT2D eigenvalue weighted by Gasteiger charge is 2.43. The van der Waals surface area contributed by atoms with Gasteiger partial charge in [-0.05, 0) is 47.8 Å². The summed E-state index contributed by atoms with van der Waals surface area (Å²) in [5, 5.41) is 0. The molecule has 1 aliphatic carbocycles. The van der Waals surface area contributed by atoms with Crippen LogP contribution in [0.1, 0.15) is 67.7 Å². The Kier molecular flexibility index (Phi) is 3.58. The summed E-state index contributed by atoms with van der Waals surface area (Å²) in [7, 11) is 0. The molecule has 1 rings (SSSR count). The summed E-state index contributed by atoms with van der Waals surface area (Å²) >= 11 is 0. The van der Waals surface area contributed by atoms with Crippen LogP contribution in [-0.2, 0) is 0 Å². The van der Waals surface area contributed by atoms with E-state index < -0.39 is 0 Å². The second kappa shape index (κ2) is 4.11. The van der Waals surface area contributed by atoms with Crippen LogP contribution < -0.4 is 0 Å². The van der Waals surface area contributed by atoms with Gasteiger partial charge in [0.05, 0.1) is 0 Å². The molecular formula is C15H30. The normalized spacial score (nSPS) is 36.2. The molecule has 0 spiro atoms. The van der Waals surface area contributed by atoms with Gasteiger partial charge in [-0.2, -0.15) is 0 Å². The van der Waals surface area contributed by atoms with Crippen molar-refractivity contribution in [2.45, 2.75) is 67.7 Å². The largest absolute Gasteiger partial charge is 0.0625 e. The van der Waals surface area contributed by atoms with Crippen molar-refractivity contribution in [3.05, 3.63) is 0 Å². The van der Waals surface area contributed by atoms with Crippen LogP contribution in [0.25, 0.3) is 0 Å². The first-order chi connectivity index (χ1) is 6.66. The molecule has 0 radical (unpaired) electrons. The lowest BCUT2D eigenvalue weighted by Crippen LogP contribution is -2.40. The van der Waals surface area contributed by atoms with Gasteiger partial charge in [-0.25, -0.2) is 0 Å². The van der Waals surface area contributed by atoms with Crippen LogP contribution >= 0.6 is 0 Å². The van der Waals surface area contributed by atoms with Gasteiger partial charge < -0.3 is 0 Å². The summed E-state index contributed by atoms with van der Waals surface area (Å²) in [6, 6.07) is 0. The van der Waals surface area contributed by atoms with Crippen molar-refractivity contribution in [2.24, 2.45) is 28.6 Å². The van der Waals surface area contributed by atoms with Gasteiger partial charge in [-0.15, -0.1) is 0 Å². The van der Waals surface area contributed by atoms with Gasteiger partial charge in [-0.1, -0.05) is 48.5 Å². The van der Waals surface area contributed by atoms with Crippen molar-refractivity contribution >= 4 is 0 Å². The minimum absolute atomic E-state index is 0.548. The van der Waals surface area contributed by atoms with Crippen LogP contribution in [0.4, 0.5) is 0 Å². The third kappa shape index (κ3) is 2.98. The molecule has 90 valence electrons. The van der Waals surface area contributed by atoms with E-state index in [9.17, 15) is 0 Å². The second-order valence-corrected chi connectivity index (χ2v) is 7.56. The van der Waals surface area contributed by atoms with E-state index in [1.54, 1.807) is 0 Å². The van der Waals surface area contributed by atoms with Crippen LogP contribution in [0.15, 0.2) is 0 Å². The Balaban J connectivity index is 2.85. The van der Waals surface area contributed by atoms with E-state index in [1.807, 2.05) is 0 Å². The molecule has 0 aromatic carbocycles. The van der Waals surface area contributed by atoms with Crippen LogP contribution in [0.3, 0.4) is 0 Å². The molecule has 0 heterocycles. The van der Waals surface area contributed by atoms with E-state index >= 15 is 0 Å². The molecule has 15 heavy (non-hydrogen) atoms. The number of rotatable bonds is 2. The average Bonchev–Trinajstić information content (AvgIpc) is 1.99. The molecule has 1 aliphatic rings. The minimum atomic E-state index is 0.548. The molecule has 0 bridgehead atoms. The lowest BCUT2D eigenvalue weighted by atomic mass is 9.55. The Labute approximate surface area is 96.8 Å². The zero-order valence-electron chi connectivity index (χ0n) is 11.9. The zero-order chi connectivity index (χ0) is 11.9. The SMILES string of the molecule is CC(C)C1CC(C)(C)CC(C)(C(C)C)C1. The van der Waals surface area contributed by atoms with Crippen LogP contribution in [0, 0.1) is 28.6 Å². The third-order valence-electron chi connectivity index (χ3n) is 4.76. The van der Waals surface area contributed by atoms with E-state index in [2.05, 4.69) is 48.5 Å². The smallest absolute Gasteiger partial charge is 0.0295 e. The summed E-state index contributed by atoms with van der Waals surface area (Å²) < 4.78 is 0. The quantitative estimate of drug-likeness (QED) is 0.592. The Hall–Kier alpha value is 0. The molecular weight excluding hydrogens is 180 g/mol. The summed E-state index contributed by atoms with van der Waals surface area (Å²) in [5.41, 5.74) is 1.11. The number of hydrogen-bond acceptors (Lipinski definition) is 0. The molecule has 0 saturated heterocycles. The molecule has 0 heteroatoms. The molecule has 0 N–H and O–H groups in total. The standard InChI is InChI=1S/C15H30/c1-11(2)13-8-14(5,6)10-15(7,9-13)12(3)4/h11-13H,8-10H2,1-7H3. The molecule has 0 aliphatic heterocycles. The summed E-state index contributed by atoms with van der Waals surface area (Å²) in [6.07, 6.45) is 4.26. The molecule has 1 fully saturated rings. The van der Waals surface area contributed by atoms with Crippen molar-refractivity contribution < 1.29 is 0 Å².